The zero-order valence-electron chi connectivity index (χ0n) is 15.7. The molecule has 2 heterocycles. The minimum Gasteiger partial charge on any atom is -0.496 e. The van der Waals surface area contributed by atoms with Gasteiger partial charge in [0.05, 0.1) is 7.11 Å². The number of ether oxygens (including phenoxy) is 2. The number of ketones is 1. The van der Waals surface area contributed by atoms with Gasteiger partial charge in [-0.25, -0.2) is 13.2 Å². The third-order valence-electron chi connectivity index (χ3n) is 4.62. The van der Waals surface area contributed by atoms with E-state index in [4.69, 9.17) is 9.47 Å². The first-order valence-electron chi connectivity index (χ1n) is 8.86. The van der Waals surface area contributed by atoms with Crippen molar-refractivity contribution in [3.63, 3.8) is 0 Å². The molecule has 1 aliphatic rings. The van der Waals surface area contributed by atoms with Crippen molar-refractivity contribution >= 4 is 21.8 Å². The Bertz CT molecular complexity index is 990. The molecule has 3 rings (SSSR count). The number of esters is 1. The summed E-state index contributed by atoms with van der Waals surface area (Å²) in [4.78, 5) is 26.6. The third kappa shape index (κ3) is 4.10. The monoisotopic (exact) mass is 406 g/mol. The molecule has 0 radical (unpaired) electrons. The maximum Gasteiger partial charge on any atom is 0.355 e. The molecule has 1 aromatic heterocycles. The zero-order valence-corrected chi connectivity index (χ0v) is 16.5. The fraction of sp³-hybridized carbons (Fsp3) is 0.368. The summed E-state index contributed by atoms with van der Waals surface area (Å²) >= 11 is 0. The molecule has 0 unspecified atom stereocenters. The van der Waals surface area contributed by atoms with E-state index < -0.39 is 16.0 Å². The number of hydrogen-bond acceptors (Lipinski definition) is 6. The van der Waals surface area contributed by atoms with E-state index in [1.807, 2.05) is 0 Å². The number of methoxy groups -OCH3 is 1. The van der Waals surface area contributed by atoms with Gasteiger partial charge in [0.25, 0.3) is 0 Å². The van der Waals surface area contributed by atoms with Crippen LogP contribution in [-0.4, -0.2) is 49.7 Å². The van der Waals surface area contributed by atoms with Gasteiger partial charge in [-0.15, -0.1) is 0 Å². The van der Waals surface area contributed by atoms with Crippen molar-refractivity contribution in [1.29, 1.82) is 0 Å². The van der Waals surface area contributed by atoms with Gasteiger partial charge in [-0.1, -0.05) is 0 Å². The first kappa shape index (κ1) is 20.1. The highest BCUT2D eigenvalue weighted by Crippen LogP contribution is 2.23. The second-order valence-corrected chi connectivity index (χ2v) is 8.46. The molecule has 0 atom stereocenters. The van der Waals surface area contributed by atoms with Crippen molar-refractivity contribution < 1.29 is 27.5 Å². The van der Waals surface area contributed by atoms with E-state index in [2.05, 4.69) is 4.98 Å². The molecule has 1 aromatic carbocycles. The smallest absolute Gasteiger partial charge is 0.355 e. The van der Waals surface area contributed by atoms with Gasteiger partial charge in [0.15, 0.2) is 5.78 Å². The Morgan fingerprint density at radius 2 is 1.89 bits per heavy atom. The lowest BCUT2D eigenvalue weighted by Gasteiger charge is -2.13. The van der Waals surface area contributed by atoms with Crippen molar-refractivity contribution in [3.05, 3.63) is 47.3 Å². The van der Waals surface area contributed by atoms with Gasteiger partial charge in [-0.2, -0.15) is 4.31 Å². The lowest BCUT2D eigenvalue weighted by Crippen LogP contribution is -2.27. The number of benzene rings is 1. The summed E-state index contributed by atoms with van der Waals surface area (Å²) in [5.74, 6) is -0.323. The second kappa shape index (κ2) is 8.15. The lowest BCUT2D eigenvalue weighted by molar-refractivity contribution is 0.0464. The van der Waals surface area contributed by atoms with Crippen molar-refractivity contribution in [2.75, 3.05) is 20.2 Å². The van der Waals surface area contributed by atoms with E-state index in [9.17, 15) is 18.0 Å². The number of carbonyl (C=O) groups excluding carboxylic acids is 2. The number of Topliss-reactive ketones (excluding diaryl/α,β-unsaturated/α-hetero) is 1. The maximum atomic E-state index is 12.5. The van der Waals surface area contributed by atoms with Crippen LogP contribution in [0.15, 0.2) is 35.4 Å². The van der Waals surface area contributed by atoms with E-state index in [1.54, 1.807) is 18.2 Å². The van der Waals surface area contributed by atoms with Gasteiger partial charge in [0.1, 0.15) is 22.9 Å². The second-order valence-electron chi connectivity index (χ2n) is 6.52. The minimum atomic E-state index is -3.61. The number of rotatable bonds is 7. The molecule has 0 bridgehead atoms. The number of nitrogens with zero attached hydrogens (tertiary/aromatic N) is 1. The summed E-state index contributed by atoms with van der Waals surface area (Å²) in [6.45, 7) is 2.30. The molecule has 28 heavy (non-hydrogen) atoms. The molecule has 150 valence electrons. The van der Waals surface area contributed by atoms with E-state index >= 15 is 0 Å². The van der Waals surface area contributed by atoms with Gasteiger partial charge in [0.2, 0.25) is 10.0 Å². The first-order chi connectivity index (χ1) is 13.3. The standard InChI is InChI=1S/C19H22N2O6S/c1-13(22)14-5-6-18(26-2)15(9-14)12-27-19(23)17-10-16(11-20-17)28(24,25)21-7-3-4-8-21/h5-6,9-11,20H,3-4,7-8,12H2,1-2H3. The fourth-order valence-electron chi connectivity index (χ4n) is 3.05. The van der Waals surface area contributed by atoms with Crippen LogP contribution in [0, 0.1) is 0 Å². The molecule has 0 amide bonds. The van der Waals surface area contributed by atoms with E-state index in [1.165, 1.54) is 30.6 Å². The highest BCUT2D eigenvalue weighted by molar-refractivity contribution is 7.89. The van der Waals surface area contributed by atoms with Crippen LogP contribution in [0.4, 0.5) is 0 Å². The minimum absolute atomic E-state index is 0.0394. The van der Waals surface area contributed by atoms with E-state index in [-0.39, 0.29) is 23.0 Å². The zero-order chi connectivity index (χ0) is 20.3. The van der Waals surface area contributed by atoms with E-state index in [0.29, 0.717) is 30.0 Å². The van der Waals surface area contributed by atoms with Gasteiger partial charge in [0, 0.05) is 30.4 Å². The SMILES string of the molecule is COc1ccc(C(C)=O)cc1COC(=O)c1cc(S(=O)(=O)N2CCCC2)c[nH]1. The van der Waals surface area contributed by atoms with Crippen LogP contribution in [0.3, 0.4) is 0 Å². The first-order valence-corrected chi connectivity index (χ1v) is 10.3. The molecule has 1 fully saturated rings. The fourth-order valence-corrected chi connectivity index (χ4v) is 4.56. The topological polar surface area (TPSA) is 106 Å². The Kier molecular flexibility index (Phi) is 5.85. The summed E-state index contributed by atoms with van der Waals surface area (Å²) in [6.07, 6.45) is 2.96. The molecule has 1 aliphatic heterocycles. The molecular weight excluding hydrogens is 384 g/mol. The number of hydrogen-bond donors (Lipinski definition) is 1. The number of aromatic nitrogens is 1. The molecule has 8 nitrogen and oxygen atoms in total. The van der Waals surface area contributed by atoms with Crippen molar-refractivity contribution in [3.8, 4) is 5.75 Å². The number of aromatic amines is 1. The number of carbonyl (C=O) groups is 2. The van der Waals surface area contributed by atoms with E-state index in [0.717, 1.165) is 12.8 Å². The van der Waals surface area contributed by atoms with Crippen molar-refractivity contribution in [2.45, 2.75) is 31.3 Å². The number of sulfonamides is 1. The van der Waals surface area contributed by atoms with Gasteiger partial charge in [-0.05, 0) is 44.0 Å². The van der Waals surface area contributed by atoms with Gasteiger partial charge >= 0.3 is 5.97 Å². The van der Waals surface area contributed by atoms with Crippen LogP contribution in [-0.2, 0) is 21.4 Å². The Morgan fingerprint density at radius 3 is 2.54 bits per heavy atom. The maximum absolute atomic E-state index is 12.5. The molecule has 0 saturated carbocycles. The largest absolute Gasteiger partial charge is 0.496 e. The molecule has 0 spiro atoms. The lowest BCUT2D eigenvalue weighted by atomic mass is 10.1. The summed E-state index contributed by atoms with van der Waals surface area (Å²) < 4.78 is 37.0. The third-order valence-corrected chi connectivity index (χ3v) is 6.50. The molecule has 2 aromatic rings. The summed E-state index contributed by atoms with van der Waals surface area (Å²) in [6, 6.07) is 6.15. The Morgan fingerprint density at radius 1 is 1.18 bits per heavy atom. The van der Waals surface area contributed by atoms with Gasteiger partial charge in [-0.3, -0.25) is 4.79 Å². The van der Waals surface area contributed by atoms with Crippen LogP contribution < -0.4 is 4.74 Å². The molecule has 1 saturated heterocycles. The number of H-pyrrole nitrogens is 1. The van der Waals surface area contributed by atoms with Crippen molar-refractivity contribution in [2.24, 2.45) is 0 Å². The van der Waals surface area contributed by atoms with Crippen LogP contribution in [0.1, 0.15) is 46.2 Å². The molecule has 1 N–H and O–H groups in total. The predicted molar refractivity (Wildman–Crippen MR) is 101 cm³/mol. The Hall–Kier alpha value is -2.65. The van der Waals surface area contributed by atoms with Crippen LogP contribution in [0.25, 0.3) is 0 Å². The highest BCUT2D eigenvalue weighted by Gasteiger charge is 2.28. The molecular formula is C19H22N2O6S. The van der Waals surface area contributed by atoms with Crippen molar-refractivity contribution in [1.82, 2.24) is 9.29 Å². The quantitative estimate of drug-likeness (QED) is 0.559. The summed E-state index contributed by atoms with van der Waals surface area (Å²) in [7, 11) is -2.13. The summed E-state index contributed by atoms with van der Waals surface area (Å²) in [5.41, 5.74) is 1.06. The van der Waals surface area contributed by atoms with Gasteiger partial charge < -0.3 is 14.5 Å². The average Bonchev–Trinajstić information content (AvgIpc) is 3.38. The molecule has 0 aliphatic carbocycles. The highest BCUT2D eigenvalue weighted by atomic mass is 32.2. The average molecular weight is 406 g/mol. The summed E-state index contributed by atoms with van der Waals surface area (Å²) in [5, 5.41) is 0. The van der Waals surface area contributed by atoms with Crippen LogP contribution in [0.2, 0.25) is 0 Å². The van der Waals surface area contributed by atoms with Crippen LogP contribution in [0.5, 0.6) is 5.75 Å². The Labute approximate surface area is 163 Å². The normalized spacial score (nSPS) is 14.8. The number of nitrogens with one attached hydrogen (secondary N) is 1. The Balaban J connectivity index is 1.72. The predicted octanol–water partition coefficient (Wildman–Crippen LogP) is 2.37. The van der Waals surface area contributed by atoms with Crippen LogP contribution >= 0.6 is 0 Å². The molecule has 9 heteroatoms.